The van der Waals surface area contributed by atoms with Crippen molar-refractivity contribution in [1.29, 1.82) is 0 Å². The van der Waals surface area contributed by atoms with Gasteiger partial charge in [-0.2, -0.15) is 0 Å². The van der Waals surface area contributed by atoms with Gasteiger partial charge in [-0.1, -0.05) is 5.21 Å². The lowest BCUT2D eigenvalue weighted by Crippen LogP contribution is -2.21. The second-order valence-corrected chi connectivity index (χ2v) is 4.09. The molecule has 0 saturated carbocycles. The molecule has 90 valence electrons. The van der Waals surface area contributed by atoms with Crippen molar-refractivity contribution < 1.29 is 4.79 Å². The first-order chi connectivity index (χ1) is 7.50. The van der Waals surface area contributed by atoms with Crippen LogP contribution in [0, 0.1) is 0 Å². The van der Waals surface area contributed by atoms with Crippen molar-refractivity contribution >= 4 is 5.91 Å². The predicted molar refractivity (Wildman–Crippen MR) is 60.6 cm³/mol. The van der Waals surface area contributed by atoms with Gasteiger partial charge in [-0.3, -0.25) is 9.48 Å². The Morgan fingerprint density at radius 1 is 1.62 bits per heavy atom. The van der Waals surface area contributed by atoms with Gasteiger partial charge in [-0.15, -0.1) is 5.10 Å². The molecule has 1 unspecified atom stereocenters. The van der Waals surface area contributed by atoms with Gasteiger partial charge < -0.3 is 10.6 Å². The molecule has 0 radical (unpaired) electrons. The van der Waals surface area contributed by atoms with E-state index in [1.807, 2.05) is 13.1 Å². The summed E-state index contributed by atoms with van der Waals surface area (Å²) < 4.78 is 1.72. The lowest BCUT2D eigenvalue weighted by Gasteiger charge is -2.09. The summed E-state index contributed by atoms with van der Waals surface area (Å²) in [4.78, 5) is 12.9. The fourth-order valence-electron chi connectivity index (χ4n) is 1.25. The zero-order valence-electron chi connectivity index (χ0n) is 10.1. The first kappa shape index (κ1) is 12.6. The van der Waals surface area contributed by atoms with Gasteiger partial charge in [-0.05, 0) is 13.3 Å². The van der Waals surface area contributed by atoms with Crippen LogP contribution in [0.25, 0.3) is 0 Å². The summed E-state index contributed by atoms with van der Waals surface area (Å²) in [5, 5.41) is 7.88. The third-order valence-electron chi connectivity index (χ3n) is 2.30. The van der Waals surface area contributed by atoms with Crippen LogP contribution in [0.5, 0.6) is 0 Å². The normalized spacial score (nSPS) is 12.5. The second-order valence-electron chi connectivity index (χ2n) is 4.09. The minimum absolute atomic E-state index is 0.0999. The number of nitrogens with two attached hydrogens (primary N) is 1. The number of carbonyl (C=O) groups excluding carboxylic acids is 1. The van der Waals surface area contributed by atoms with Crippen LogP contribution in [0.2, 0.25) is 0 Å². The summed E-state index contributed by atoms with van der Waals surface area (Å²) in [5.41, 5.74) is 6.44. The molecule has 0 bridgehead atoms. The highest BCUT2D eigenvalue weighted by molar-refractivity contribution is 5.75. The topological polar surface area (TPSA) is 77.0 Å². The Kier molecular flexibility index (Phi) is 4.42. The monoisotopic (exact) mass is 225 g/mol. The molecule has 1 rings (SSSR count). The van der Waals surface area contributed by atoms with E-state index in [2.05, 4.69) is 10.3 Å². The molecule has 1 atom stereocenters. The van der Waals surface area contributed by atoms with E-state index in [0.29, 0.717) is 13.0 Å². The average Bonchev–Trinajstić information content (AvgIpc) is 2.66. The van der Waals surface area contributed by atoms with Gasteiger partial charge in [-0.25, -0.2) is 0 Å². The summed E-state index contributed by atoms with van der Waals surface area (Å²) in [6, 6.07) is -0.0999. The fraction of sp³-hybridized carbons (Fsp3) is 0.700. The molecule has 6 nitrogen and oxygen atoms in total. The molecule has 0 spiro atoms. The van der Waals surface area contributed by atoms with E-state index in [1.54, 1.807) is 23.7 Å². The molecule has 1 heterocycles. The van der Waals surface area contributed by atoms with Crippen LogP contribution in [0.15, 0.2) is 6.20 Å². The largest absolute Gasteiger partial charge is 0.349 e. The maximum absolute atomic E-state index is 11.3. The van der Waals surface area contributed by atoms with Crippen molar-refractivity contribution in [1.82, 2.24) is 19.9 Å². The molecule has 0 aliphatic carbocycles. The number of hydrogen-bond acceptors (Lipinski definition) is 4. The molecule has 0 saturated heterocycles. The molecule has 0 aliphatic rings. The van der Waals surface area contributed by atoms with E-state index in [-0.39, 0.29) is 11.9 Å². The molecule has 1 aromatic rings. The summed E-state index contributed by atoms with van der Waals surface area (Å²) in [5.74, 6) is 0.132. The van der Waals surface area contributed by atoms with Gasteiger partial charge in [0.05, 0.1) is 11.9 Å². The number of nitrogens with zero attached hydrogens (tertiary/aromatic N) is 4. The third kappa shape index (κ3) is 3.62. The summed E-state index contributed by atoms with van der Waals surface area (Å²) in [6.45, 7) is 2.56. The highest BCUT2D eigenvalue weighted by Crippen LogP contribution is 2.04. The standard InChI is InChI=1S/C10H19N5O/c1-8(11)9-7-15(13-12-9)6-4-5-10(16)14(2)3/h7-8H,4-6,11H2,1-3H3. The molecule has 0 fully saturated rings. The van der Waals surface area contributed by atoms with Crippen molar-refractivity contribution in [2.24, 2.45) is 5.73 Å². The first-order valence-electron chi connectivity index (χ1n) is 5.36. The van der Waals surface area contributed by atoms with Crippen LogP contribution in [0.4, 0.5) is 0 Å². The highest BCUT2D eigenvalue weighted by Gasteiger charge is 2.06. The molecular formula is C10H19N5O. The Morgan fingerprint density at radius 2 is 2.31 bits per heavy atom. The van der Waals surface area contributed by atoms with Gasteiger partial charge in [0.1, 0.15) is 0 Å². The number of carbonyl (C=O) groups is 1. The van der Waals surface area contributed by atoms with Crippen LogP contribution in [0.3, 0.4) is 0 Å². The minimum atomic E-state index is -0.0999. The minimum Gasteiger partial charge on any atom is -0.349 e. The van der Waals surface area contributed by atoms with Gasteiger partial charge in [0.15, 0.2) is 0 Å². The molecule has 1 aromatic heterocycles. The van der Waals surface area contributed by atoms with Crippen LogP contribution in [0.1, 0.15) is 31.5 Å². The number of amides is 1. The maximum Gasteiger partial charge on any atom is 0.222 e. The van der Waals surface area contributed by atoms with Crippen LogP contribution < -0.4 is 5.73 Å². The molecule has 16 heavy (non-hydrogen) atoms. The van der Waals surface area contributed by atoms with Crippen LogP contribution >= 0.6 is 0 Å². The molecule has 0 aliphatic heterocycles. The molecule has 0 aromatic carbocycles. The van der Waals surface area contributed by atoms with Crippen LogP contribution in [-0.2, 0) is 11.3 Å². The Labute approximate surface area is 95.4 Å². The summed E-state index contributed by atoms with van der Waals surface area (Å²) in [6.07, 6.45) is 3.12. The third-order valence-corrected chi connectivity index (χ3v) is 2.30. The smallest absolute Gasteiger partial charge is 0.222 e. The quantitative estimate of drug-likeness (QED) is 0.774. The van der Waals surface area contributed by atoms with Gasteiger partial charge in [0.2, 0.25) is 5.91 Å². The number of aryl methyl sites for hydroxylation is 1. The average molecular weight is 225 g/mol. The highest BCUT2D eigenvalue weighted by atomic mass is 16.2. The van der Waals surface area contributed by atoms with Crippen molar-refractivity contribution in [2.45, 2.75) is 32.4 Å². The van der Waals surface area contributed by atoms with Crippen molar-refractivity contribution in [3.63, 3.8) is 0 Å². The van der Waals surface area contributed by atoms with E-state index in [9.17, 15) is 4.79 Å². The summed E-state index contributed by atoms with van der Waals surface area (Å²) in [7, 11) is 3.51. The fourth-order valence-corrected chi connectivity index (χ4v) is 1.25. The molecular weight excluding hydrogens is 206 g/mol. The number of hydrogen-bond donors (Lipinski definition) is 1. The first-order valence-corrected chi connectivity index (χ1v) is 5.36. The molecule has 6 heteroatoms. The van der Waals surface area contributed by atoms with Gasteiger partial charge in [0.25, 0.3) is 0 Å². The Bertz CT molecular complexity index is 345. The zero-order chi connectivity index (χ0) is 12.1. The van der Waals surface area contributed by atoms with E-state index in [0.717, 1.165) is 12.1 Å². The van der Waals surface area contributed by atoms with E-state index >= 15 is 0 Å². The molecule has 2 N–H and O–H groups in total. The van der Waals surface area contributed by atoms with E-state index in [1.165, 1.54) is 0 Å². The SMILES string of the molecule is CC(N)c1cn(CCCC(=O)N(C)C)nn1. The Balaban J connectivity index is 2.35. The lowest BCUT2D eigenvalue weighted by atomic mass is 10.2. The van der Waals surface area contributed by atoms with Crippen LogP contribution in [-0.4, -0.2) is 39.9 Å². The lowest BCUT2D eigenvalue weighted by molar-refractivity contribution is -0.128. The Morgan fingerprint density at radius 3 is 2.81 bits per heavy atom. The second kappa shape index (κ2) is 5.60. The van der Waals surface area contributed by atoms with Gasteiger partial charge >= 0.3 is 0 Å². The van der Waals surface area contributed by atoms with Gasteiger partial charge in [0, 0.05) is 33.1 Å². The van der Waals surface area contributed by atoms with Crippen molar-refractivity contribution in [3.05, 3.63) is 11.9 Å². The van der Waals surface area contributed by atoms with Crippen molar-refractivity contribution in [3.8, 4) is 0 Å². The van der Waals surface area contributed by atoms with E-state index < -0.39 is 0 Å². The maximum atomic E-state index is 11.3. The Hall–Kier alpha value is -1.43. The zero-order valence-corrected chi connectivity index (χ0v) is 10.1. The number of aromatic nitrogens is 3. The van der Waals surface area contributed by atoms with E-state index in [4.69, 9.17) is 5.73 Å². The number of rotatable bonds is 5. The predicted octanol–water partition coefficient (Wildman–Crippen LogP) is 0.166. The van der Waals surface area contributed by atoms with Crippen molar-refractivity contribution in [2.75, 3.05) is 14.1 Å². The summed E-state index contributed by atoms with van der Waals surface area (Å²) >= 11 is 0. The molecule has 1 amide bonds.